The molecule has 1 aliphatic rings. The van der Waals surface area contributed by atoms with E-state index in [-0.39, 0.29) is 17.9 Å². The first kappa shape index (κ1) is 25.2. The van der Waals surface area contributed by atoms with Crippen molar-refractivity contribution in [1.82, 2.24) is 34.6 Å². The number of aromatic amines is 1. The molecule has 11 nitrogen and oxygen atoms in total. The van der Waals surface area contributed by atoms with Crippen molar-refractivity contribution in [1.29, 1.82) is 0 Å². The molecule has 0 spiro atoms. The van der Waals surface area contributed by atoms with Crippen LogP contribution in [0.25, 0.3) is 28.2 Å². The molecule has 1 aliphatic heterocycles. The zero-order chi connectivity index (χ0) is 27.1. The predicted octanol–water partition coefficient (Wildman–Crippen LogP) is 4.19. The van der Waals surface area contributed by atoms with Gasteiger partial charge in [-0.15, -0.1) is 0 Å². The van der Waals surface area contributed by atoms with Gasteiger partial charge in [0.15, 0.2) is 11.4 Å². The molecule has 38 heavy (non-hydrogen) atoms. The summed E-state index contributed by atoms with van der Waals surface area (Å²) in [6.07, 6.45) is 2.89. The summed E-state index contributed by atoms with van der Waals surface area (Å²) in [6.45, 7) is 6.59. The lowest BCUT2D eigenvalue weighted by atomic mass is 9.93. The Morgan fingerprint density at radius 3 is 2.53 bits per heavy atom. The Hall–Kier alpha value is -4.41. The molecule has 0 radical (unpaired) electrons. The number of benzene rings is 1. The lowest BCUT2D eigenvalue weighted by Gasteiger charge is -2.40. The normalized spacial score (nSPS) is 15.9. The first-order valence-electron chi connectivity index (χ1n) is 12.5. The van der Waals surface area contributed by atoms with Crippen LogP contribution < -0.4 is 4.74 Å². The maximum absolute atomic E-state index is 12.9. The number of pyridine rings is 1. The first-order chi connectivity index (χ1) is 18.2. The number of carboxylic acid groups (broad SMARTS) is 1. The maximum atomic E-state index is 12.9. The Bertz CT molecular complexity index is 1490. The Morgan fingerprint density at radius 1 is 1.18 bits per heavy atom. The van der Waals surface area contributed by atoms with E-state index in [1.54, 1.807) is 23.6 Å². The number of carbonyl (C=O) groups is 2. The van der Waals surface area contributed by atoms with Crippen molar-refractivity contribution in [2.75, 3.05) is 20.7 Å². The summed E-state index contributed by atoms with van der Waals surface area (Å²) in [4.78, 5) is 31.3. The second kappa shape index (κ2) is 9.81. The minimum atomic E-state index is -1.06. The highest BCUT2D eigenvalue weighted by Gasteiger charge is 2.40. The van der Waals surface area contributed by atoms with Crippen molar-refractivity contribution in [3.8, 4) is 28.3 Å². The molecular formula is C27H31N7O4. The molecule has 2 amide bonds. The van der Waals surface area contributed by atoms with Crippen LogP contribution in [0.3, 0.4) is 0 Å². The zero-order valence-corrected chi connectivity index (χ0v) is 22.0. The summed E-state index contributed by atoms with van der Waals surface area (Å²) in [5, 5.41) is 21.4. The minimum Gasteiger partial charge on any atom is -0.493 e. The Labute approximate surface area is 220 Å². The molecule has 1 fully saturated rings. The number of rotatable bonds is 7. The highest BCUT2D eigenvalue weighted by Crippen LogP contribution is 2.37. The van der Waals surface area contributed by atoms with Crippen LogP contribution in [0.15, 0.2) is 42.9 Å². The van der Waals surface area contributed by atoms with Crippen molar-refractivity contribution in [2.45, 2.75) is 45.2 Å². The number of amides is 2. The van der Waals surface area contributed by atoms with Crippen molar-refractivity contribution in [3.63, 3.8) is 0 Å². The van der Waals surface area contributed by atoms with Crippen LogP contribution in [-0.2, 0) is 4.79 Å². The molecule has 4 heterocycles. The molecule has 3 aromatic heterocycles. The van der Waals surface area contributed by atoms with E-state index in [0.717, 1.165) is 33.6 Å². The van der Waals surface area contributed by atoms with E-state index in [0.29, 0.717) is 24.4 Å². The molecule has 0 saturated carbocycles. The summed E-state index contributed by atoms with van der Waals surface area (Å²) in [6, 6.07) is 9.09. The van der Waals surface area contributed by atoms with Gasteiger partial charge in [-0.1, -0.05) is 38.1 Å². The molecule has 4 aromatic rings. The molecule has 2 N–H and O–H groups in total. The lowest BCUT2D eigenvalue weighted by Crippen LogP contribution is -2.58. The highest BCUT2D eigenvalue weighted by atomic mass is 16.5. The van der Waals surface area contributed by atoms with Crippen LogP contribution in [0, 0.1) is 0 Å². The highest BCUT2D eigenvalue weighted by molar-refractivity contribution is 5.87. The second-order valence-corrected chi connectivity index (χ2v) is 9.87. The van der Waals surface area contributed by atoms with Gasteiger partial charge in [-0.2, -0.15) is 10.2 Å². The number of fused-ring (bicyclic) bond motifs is 1. The van der Waals surface area contributed by atoms with Crippen LogP contribution in [-0.4, -0.2) is 78.4 Å². The average Bonchev–Trinajstić information content (AvgIpc) is 3.53. The molecule has 1 saturated heterocycles. The maximum Gasteiger partial charge on any atom is 0.407 e. The quantitative estimate of drug-likeness (QED) is 0.376. The van der Waals surface area contributed by atoms with Gasteiger partial charge < -0.3 is 14.7 Å². The van der Waals surface area contributed by atoms with E-state index >= 15 is 0 Å². The summed E-state index contributed by atoms with van der Waals surface area (Å²) in [5.74, 6) is 0.614. The molecule has 1 aromatic carbocycles. The van der Waals surface area contributed by atoms with Gasteiger partial charge in [-0.25, -0.2) is 14.3 Å². The Morgan fingerprint density at radius 2 is 1.92 bits per heavy atom. The lowest BCUT2D eigenvalue weighted by molar-refractivity contribution is -0.140. The molecule has 0 aliphatic carbocycles. The number of hydrogen-bond donors (Lipinski definition) is 2. The van der Waals surface area contributed by atoms with E-state index in [1.807, 2.05) is 43.5 Å². The summed E-state index contributed by atoms with van der Waals surface area (Å²) in [7, 11) is 3.33. The van der Waals surface area contributed by atoms with Gasteiger partial charge in [0.05, 0.1) is 24.5 Å². The van der Waals surface area contributed by atoms with Crippen LogP contribution in [0.5, 0.6) is 5.75 Å². The first-order valence-corrected chi connectivity index (χ1v) is 12.5. The van der Waals surface area contributed by atoms with Gasteiger partial charge in [-0.3, -0.25) is 14.8 Å². The third-order valence-corrected chi connectivity index (χ3v) is 7.38. The molecule has 1 unspecified atom stereocenters. The number of ether oxygens (including phenoxy) is 1. The van der Waals surface area contributed by atoms with Crippen molar-refractivity contribution < 1.29 is 19.4 Å². The monoisotopic (exact) mass is 517 g/mol. The fourth-order valence-corrected chi connectivity index (χ4v) is 4.98. The number of carbonyl (C=O) groups excluding carboxylic acids is 1. The molecule has 0 bridgehead atoms. The van der Waals surface area contributed by atoms with Crippen LogP contribution >= 0.6 is 0 Å². The van der Waals surface area contributed by atoms with Gasteiger partial charge in [0.1, 0.15) is 12.4 Å². The molecular weight excluding hydrogens is 486 g/mol. The van der Waals surface area contributed by atoms with E-state index < -0.39 is 12.1 Å². The number of methoxy groups -OCH3 is 1. The molecule has 11 heteroatoms. The van der Waals surface area contributed by atoms with Crippen LogP contribution in [0.2, 0.25) is 0 Å². The van der Waals surface area contributed by atoms with Gasteiger partial charge in [0, 0.05) is 36.5 Å². The SMILES string of the molecule is COc1cc(-c2[nH]nc(-c3ccc([C@H](C)N(C)C(=O)C4CCN4C(=O)O)cc3)c2C(C)C)cn2ncnc12. The summed E-state index contributed by atoms with van der Waals surface area (Å²) in [5.41, 5.74) is 6.24. The fourth-order valence-electron chi connectivity index (χ4n) is 4.98. The van der Waals surface area contributed by atoms with Gasteiger partial charge in [-0.05, 0) is 30.9 Å². The van der Waals surface area contributed by atoms with Crippen molar-refractivity contribution in [2.24, 2.45) is 0 Å². The third kappa shape index (κ3) is 4.23. The van der Waals surface area contributed by atoms with Crippen molar-refractivity contribution in [3.05, 3.63) is 54.0 Å². The Kier molecular flexibility index (Phi) is 6.52. The van der Waals surface area contributed by atoms with E-state index in [4.69, 9.17) is 4.74 Å². The number of nitrogens with zero attached hydrogens (tertiary/aromatic N) is 6. The molecule has 198 valence electrons. The van der Waals surface area contributed by atoms with Crippen LogP contribution in [0.4, 0.5) is 4.79 Å². The molecule has 5 rings (SSSR count). The number of H-pyrrole nitrogens is 1. The van der Waals surface area contributed by atoms with E-state index in [1.165, 1.54) is 11.2 Å². The zero-order valence-electron chi connectivity index (χ0n) is 22.0. The second-order valence-electron chi connectivity index (χ2n) is 9.87. The topological polar surface area (TPSA) is 129 Å². The average molecular weight is 518 g/mol. The predicted molar refractivity (Wildman–Crippen MR) is 141 cm³/mol. The number of aromatic nitrogens is 5. The standard InChI is InChI=1S/C27H31N7O4/c1-15(2)22-23(30-31-24(22)19-12-21(38-5)25-28-14-29-34(25)13-19)18-8-6-17(7-9-18)16(3)32(4)26(35)20-10-11-33(20)27(36)37/h6-9,12-16,20H,10-11H2,1-5H3,(H,30,31)(H,36,37)/t16-,20?/m0/s1. The van der Waals surface area contributed by atoms with E-state index in [9.17, 15) is 14.7 Å². The molecule has 2 atom stereocenters. The largest absolute Gasteiger partial charge is 0.493 e. The van der Waals surface area contributed by atoms with Crippen molar-refractivity contribution >= 4 is 17.6 Å². The minimum absolute atomic E-state index is 0.179. The summed E-state index contributed by atoms with van der Waals surface area (Å²) >= 11 is 0. The van der Waals surface area contributed by atoms with Crippen LogP contribution in [0.1, 0.15) is 50.3 Å². The Balaban J connectivity index is 1.42. The number of likely N-dealkylation sites (tertiary alicyclic amines) is 1. The summed E-state index contributed by atoms with van der Waals surface area (Å²) < 4.78 is 7.22. The van der Waals surface area contributed by atoms with Gasteiger partial charge in [0.2, 0.25) is 5.91 Å². The number of likely N-dealkylation sites (N-methyl/N-ethyl adjacent to an activating group) is 1. The van der Waals surface area contributed by atoms with Gasteiger partial charge in [0.25, 0.3) is 0 Å². The number of nitrogens with one attached hydrogen (secondary N) is 1. The van der Waals surface area contributed by atoms with E-state index in [2.05, 4.69) is 34.1 Å². The van der Waals surface area contributed by atoms with Gasteiger partial charge >= 0.3 is 6.09 Å². The number of hydrogen-bond acceptors (Lipinski definition) is 6. The third-order valence-electron chi connectivity index (χ3n) is 7.38. The fraction of sp³-hybridized carbons (Fsp3) is 0.370. The smallest absolute Gasteiger partial charge is 0.407 e.